The molecule has 0 atom stereocenters. The molecule has 3 aromatic carbocycles. The third kappa shape index (κ3) is 5.56. The van der Waals surface area contributed by atoms with Crippen LogP contribution in [0.4, 0.5) is 11.4 Å². The molecule has 7 heteroatoms. The second-order valence-electron chi connectivity index (χ2n) is 8.52. The summed E-state index contributed by atoms with van der Waals surface area (Å²) in [4.78, 5) is 28.0. The maximum absolute atomic E-state index is 13.8. The highest BCUT2D eigenvalue weighted by Crippen LogP contribution is 2.34. The number of aryl methyl sites for hydroxylation is 1. The minimum Gasteiger partial charge on any atom is -0.486 e. The largest absolute Gasteiger partial charge is 0.486 e. The molecule has 7 nitrogen and oxygen atoms in total. The number of nitrogens with zero attached hydrogens (tertiary/aromatic N) is 1. The lowest BCUT2D eigenvalue weighted by atomic mass is 10.1. The van der Waals surface area contributed by atoms with E-state index in [-0.39, 0.29) is 17.6 Å². The Morgan fingerprint density at radius 2 is 1.73 bits per heavy atom. The van der Waals surface area contributed by atoms with Crippen LogP contribution in [0.5, 0.6) is 11.5 Å². The van der Waals surface area contributed by atoms with Crippen LogP contribution in [0.25, 0.3) is 6.08 Å². The molecule has 0 aliphatic carbocycles. The highest BCUT2D eigenvalue weighted by molar-refractivity contribution is 6.08. The molecule has 37 heavy (non-hydrogen) atoms. The second-order valence-corrected chi connectivity index (χ2v) is 8.52. The Bertz CT molecular complexity index is 1430. The smallest absolute Gasteiger partial charge is 0.291 e. The van der Waals surface area contributed by atoms with E-state index < -0.39 is 0 Å². The summed E-state index contributed by atoms with van der Waals surface area (Å²) in [5.41, 5.74) is 3.51. The fourth-order valence-electron chi connectivity index (χ4n) is 4.00. The fraction of sp³-hybridized carbons (Fsp3) is 0.133. The number of carbonyl (C=O) groups is 2. The predicted molar refractivity (Wildman–Crippen MR) is 142 cm³/mol. The van der Waals surface area contributed by atoms with Crippen molar-refractivity contribution in [3.8, 4) is 11.5 Å². The van der Waals surface area contributed by atoms with E-state index in [1.54, 1.807) is 29.2 Å². The number of fused-ring (bicyclic) bond motifs is 1. The highest BCUT2D eigenvalue weighted by Gasteiger charge is 2.21. The van der Waals surface area contributed by atoms with Crippen LogP contribution >= 0.6 is 0 Å². The van der Waals surface area contributed by atoms with Crippen molar-refractivity contribution < 1.29 is 23.5 Å². The molecule has 1 N–H and O–H groups in total. The van der Waals surface area contributed by atoms with E-state index in [1.807, 2.05) is 73.7 Å². The van der Waals surface area contributed by atoms with E-state index in [1.165, 1.54) is 6.26 Å². The fourth-order valence-corrected chi connectivity index (χ4v) is 4.00. The lowest BCUT2D eigenvalue weighted by Crippen LogP contribution is -2.31. The van der Waals surface area contributed by atoms with Crippen molar-refractivity contribution >= 4 is 29.3 Å². The molecule has 0 radical (unpaired) electrons. The summed E-state index contributed by atoms with van der Waals surface area (Å²) in [6.45, 7) is 3.14. The van der Waals surface area contributed by atoms with Crippen LogP contribution in [0.3, 0.4) is 0 Å². The van der Waals surface area contributed by atoms with Gasteiger partial charge in [-0.05, 0) is 54.4 Å². The Morgan fingerprint density at radius 3 is 2.51 bits per heavy atom. The van der Waals surface area contributed by atoms with Gasteiger partial charge in [-0.2, -0.15) is 0 Å². The Morgan fingerprint density at radius 1 is 0.919 bits per heavy atom. The zero-order valence-corrected chi connectivity index (χ0v) is 20.3. The highest BCUT2D eigenvalue weighted by atomic mass is 16.6. The molecule has 0 fully saturated rings. The summed E-state index contributed by atoms with van der Waals surface area (Å²) in [6.07, 6.45) is 5.36. The van der Waals surface area contributed by atoms with Crippen LogP contribution in [0.2, 0.25) is 0 Å². The Hall–Kier alpha value is -4.78. The van der Waals surface area contributed by atoms with Crippen LogP contribution < -0.4 is 19.7 Å². The van der Waals surface area contributed by atoms with Crippen molar-refractivity contribution in [2.24, 2.45) is 0 Å². The van der Waals surface area contributed by atoms with Crippen molar-refractivity contribution in [1.29, 1.82) is 0 Å². The molecule has 0 unspecified atom stereocenters. The van der Waals surface area contributed by atoms with Gasteiger partial charge in [-0.3, -0.25) is 9.59 Å². The maximum atomic E-state index is 13.8. The van der Waals surface area contributed by atoms with Crippen LogP contribution in [0.15, 0.2) is 95.6 Å². The van der Waals surface area contributed by atoms with Crippen molar-refractivity contribution in [3.63, 3.8) is 0 Å². The topological polar surface area (TPSA) is 81.0 Å². The van der Waals surface area contributed by atoms with Gasteiger partial charge in [0.1, 0.15) is 13.2 Å². The molecule has 0 spiro atoms. The number of benzene rings is 3. The van der Waals surface area contributed by atoms with Crippen molar-refractivity contribution in [3.05, 3.63) is 114 Å². The van der Waals surface area contributed by atoms with Gasteiger partial charge in [0, 0.05) is 29.5 Å². The van der Waals surface area contributed by atoms with Gasteiger partial charge in [-0.1, -0.05) is 48.6 Å². The zero-order chi connectivity index (χ0) is 25.6. The lowest BCUT2D eigenvalue weighted by Gasteiger charge is -2.25. The first-order valence-corrected chi connectivity index (χ1v) is 12.0. The van der Waals surface area contributed by atoms with Crippen LogP contribution in [0, 0.1) is 6.92 Å². The third-order valence-electron chi connectivity index (χ3n) is 5.96. The summed E-state index contributed by atoms with van der Waals surface area (Å²) in [5.74, 6) is 0.847. The number of nitrogens with one attached hydrogen (secondary N) is 1. The normalized spacial score (nSPS) is 12.4. The first-order valence-electron chi connectivity index (χ1n) is 12.0. The molecule has 1 aliphatic rings. The standard InChI is InChI=1S/C30H26N2O5/c1-21-11-12-23(19-25(21)31-29(33)27-10-6-16-35-27)30(34)32(15-5-9-22-7-3-2-4-8-22)24-13-14-26-28(20-24)37-18-17-36-26/h2-14,16,19-20H,15,17-18H2,1H3,(H,31,33)/b9-5+. The zero-order valence-electron chi connectivity index (χ0n) is 20.3. The first-order chi connectivity index (χ1) is 18.1. The Balaban J connectivity index is 1.44. The lowest BCUT2D eigenvalue weighted by molar-refractivity contribution is 0.0982. The summed E-state index contributed by atoms with van der Waals surface area (Å²) in [6, 6.07) is 23.9. The molecule has 2 heterocycles. The van der Waals surface area contributed by atoms with Gasteiger partial charge in [0.05, 0.1) is 6.26 Å². The van der Waals surface area contributed by atoms with E-state index >= 15 is 0 Å². The molecule has 186 valence electrons. The minimum atomic E-state index is -0.382. The minimum absolute atomic E-state index is 0.195. The SMILES string of the molecule is Cc1ccc(C(=O)N(C/C=C/c2ccccc2)c2ccc3c(c2)OCCO3)cc1NC(=O)c1ccco1. The van der Waals surface area contributed by atoms with Crippen LogP contribution in [-0.4, -0.2) is 31.6 Å². The molecule has 0 saturated heterocycles. The monoisotopic (exact) mass is 494 g/mol. The quantitative estimate of drug-likeness (QED) is 0.342. The van der Waals surface area contributed by atoms with Gasteiger partial charge in [-0.15, -0.1) is 0 Å². The van der Waals surface area contributed by atoms with Crippen molar-refractivity contribution in [1.82, 2.24) is 0 Å². The van der Waals surface area contributed by atoms with E-state index in [2.05, 4.69) is 5.32 Å². The van der Waals surface area contributed by atoms with Crippen molar-refractivity contribution in [2.45, 2.75) is 6.92 Å². The van der Waals surface area contributed by atoms with Gasteiger partial charge >= 0.3 is 0 Å². The number of amides is 2. The average Bonchev–Trinajstić information content (AvgIpc) is 3.48. The van der Waals surface area contributed by atoms with Gasteiger partial charge in [0.25, 0.3) is 11.8 Å². The summed E-state index contributed by atoms with van der Waals surface area (Å²) >= 11 is 0. The molecular formula is C30H26N2O5. The van der Waals surface area contributed by atoms with E-state index in [0.717, 1.165) is 11.1 Å². The molecular weight excluding hydrogens is 468 g/mol. The summed E-state index contributed by atoms with van der Waals surface area (Å²) in [5, 5.41) is 2.84. The molecule has 0 bridgehead atoms. The number of furan rings is 1. The van der Waals surface area contributed by atoms with Gasteiger partial charge in [-0.25, -0.2) is 0 Å². The van der Waals surface area contributed by atoms with E-state index in [0.29, 0.717) is 48.2 Å². The maximum Gasteiger partial charge on any atom is 0.291 e. The molecule has 2 amide bonds. The average molecular weight is 495 g/mol. The number of rotatable bonds is 7. The van der Waals surface area contributed by atoms with Gasteiger partial charge < -0.3 is 24.1 Å². The van der Waals surface area contributed by atoms with Gasteiger partial charge in [0.15, 0.2) is 17.3 Å². The molecule has 0 saturated carbocycles. The van der Waals surface area contributed by atoms with Crippen molar-refractivity contribution in [2.75, 3.05) is 30.0 Å². The number of hydrogen-bond acceptors (Lipinski definition) is 5. The first kappa shape index (κ1) is 23.9. The Labute approximate surface area is 214 Å². The molecule has 1 aromatic heterocycles. The molecule has 1 aliphatic heterocycles. The third-order valence-corrected chi connectivity index (χ3v) is 5.96. The molecule has 4 aromatic rings. The van der Waals surface area contributed by atoms with Crippen LogP contribution in [-0.2, 0) is 0 Å². The van der Waals surface area contributed by atoms with E-state index in [4.69, 9.17) is 13.9 Å². The van der Waals surface area contributed by atoms with Crippen LogP contribution in [0.1, 0.15) is 32.0 Å². The number of ether oxygens (including phenoxy) is 2. The number of carbonyl (C=O) groups excluding carboxylic acids is 2. The Kier molecular flexibility index (Phi) is 7.03. The predicted octanol–water partition coefficient (Wildman–Crippen LogP) is 5.97. The van der Waals surface area contributed by atoms with E-state index in [9.17, 15) is 9.59 Å². The number of hydrogen-bond donors (Lipinski definition) is 1. The molecule has 5 rings (SSSR count). The summed E-state index contributed by atoms with van der Waals surface area (Å²) < 4.78 is 16.6. The summed E-state index contributed by atoms with van der Waals surface area (Å²) in [7, 11) is 0. The second kappa shape index (κ2) is 10.9. The number of anilines is 2. The van der Waals surface area contributed by atoms with Gasteiger partial charge in [0.2, 0.25) is 0 Å².